The molecule has 0 aliphatic carbocycles. The molecule has 190 valence electrons. The average Bonchev–Trinajstić information content (AvgIpc) is 2.90. The maximum absolute atomic E-state index is 6.07. The first kappa shape index (κ1) is 25.2. The summed E-state index contributed by atoms with van der Waals surface area (Å²) >= 11 is 0. The van der Waals surface area contributed by atoms with Crippen molar-refractivity contribution >= 4 is 34.1 Å². The Hall–Kier alpha value is -4.50. The molecule has 0 unspecified atom stereocenters. The minimum Gasteiger partial charge on any atom is -0.494 e. The van der Waals surface area contributed by atoms with Crippen LogP contribution in [0.15, 0.2) is 115 Å². The first-order valence-corrected chi connectivity index (χ1v) is 13.0. The van der Waals surface area contributed by atoms with E-state index >= 15 is 0 Å². The minimum absolute atomic E-state index is 0.802. The third-order valence-corrected chi connectivity index (χ3v) is 6.62. The summed E-state index contributed by atoms with van der Waals surface area (Å²) in [6.45, 7) is 8.57. The molecule has 0 bridgehead atoms. The van der Waals surface area contributed by atoms with Gasteiger partial charge in [0.05, 0.1) is 12.8 Å². The Labute approximate surface area is 226 Å². The number of ether oxygens (including phenoxy) is 1. The first-order chi connectivity index (χ1) is 18.4. The first-order valence-electron chi connectivity index (χ1n) is 13.0. The van der Waals surface area contributed by atoms with Gasteiger partial charge in [-0.15, -0.1) is 0 Å². The zero-order chi connectivity index (χ0) is 26.6. The molecule has 0 atom stereocenters. The Bertz CT molecular complexity index is 1500. The number of benzene rings is 5. The Morgan fingerprint density at radius 2 is 0.868 bits per heavy atom. The monoisotopic (exact) mass is 498 g/mol. The zero-order valence-electron chi connectivity index (χ0n) is 22.8. The van der Waals surface area contributed by atoms with E-state index in [9.17, 15) is 0 Å². The van der Waals surface area contributed by atoms with E-state index in [4.69, 9.17) is 4.74 Å². The fourth-order valence-corrected chi connectivity index (χ4v) is 5.18. The van der Waals surface area contributed by atoms with E-state index in [1.807, 2.05) is 6.07 Å². The van der Waals surface area contributed by atoms with E-state index in [2.05, 4.69) is 147 Å². The van der Waals surface area contributed by atoms with E-state index in [1.165, 1.54) is 22.3 Å². The van der Waals surface area contributed by atoms with Gasteiger partial charge in [0.15, 0.2) is 0 Å². The van der Waals surface area contributed by atoms with E-state index < -0.39 is 0 Å². The van der Waals surface area contributed by atoms with Gasteiger partial charge in [0.25, 0.3) is 0 Å². The van der Waals surface area contributed by atoms with Crippen molar-refractivity contribution in [1.82, 2.24) is 0 Å². The number of rotatable bonds is 7. The summed E-state index contributed by atoms with van der Waals surface area (Å²) < 4.78 is 6.07. The molecule has 5 aromatic carbocycles. The third kappa shape index (κ3) is 5.28. The van der Waals surface area contributed by atoms with Crippen LogP contribution in [0.25, 0.3) is 0 Å². The van der Waals surface area contributed by atoms with Gasteiger partial charge in [-0.2, -0.15) is 0 Å². The van der Waals surface area contributed by atoms with Crippen LogP contribution in [-0.2, 0) is 0 Å². The van der Waals surface area contributed by atoms with Gasteiger partial charge in [-0.1, -0.05) is 48.5 Å². The molecule has 5 aromatic rings. The summed E-state index contributed by atoms with van der Waals surface area (Å²) in [5.41, 5.74) is 11.3. The normalized spacial score (nSPS) is 10.8. The smallest absolute Gasteiger partial charge is 0.144 e. The molecule has 0 saturated carbocycles. The molecular formula is C35H34N2O. The van der Waals surface area contributed by atoms with Crippen molar-refractivity contribution in [3.8, 4) is 5.75 Å². The predicted octanol–water partition coefficient (Wildman–Crippen LogP) is 9.87. The SMILES string of the molecule is COc1cc(N(c2ccccc2)c2cc(C)cc(C)c2)ccc1N(c1ccccc1)c1cc(C)cc(C)c1. The molecule has 0 fully saturated rings. The molecule has 0 radical (unpaired) electrons. The Morgan fingerprint density at radius 1 is 0.421 bits per heavy atom. The second kappa shape index (κ2) is 10.9. The number of aryl methyl sites for hydroxylation is 4. The van der Waals surface area contributed by atoms with Gasteiger partial charge in [-0.05, 0) is 111 Å². The van der Waals surface area contributed by atoms with Crippen molar-refractivity contribution in [2.45, 2.75) is 27.7 Å². The van der Waals surface area contributed by atoms with Crippen molar-refractivity contribution in [2.75, 3.05) is 16.9 Å². The zero-order valence-corrected chi connectivity index (χ0v) is 22.8. The van der Waals surface area contributed by atoms with Crippen LogP contribution in [0.3, 0.4) is 0 Å². The summed E-state index contributed by atoms with van der Waals surface area (Å²) in [6, 6.07) is 40.7. The van der Waals surface area contributed by atoms with Crippen molar-refractivity contribution in [2.24, 2.45) is 0 Å². The number of methoxy groups -OCH3 is 1. The molecule has 0 aliphatic rings. The van der Waals surface area contributed by atoms with Gasteiger partial charge < -0.3 is 14.5 Å². The lowest BCUT2D eigenvalue weighted by atomic mass is 10.1. The van der Waals surface area contributed by atoms with Gasteiger partial charge in [-0.3, -0.25) is 0 Å². The molecule has 0 N–H and O–H groups in total. The van der Waals surface area contributed by atoms with E-state index in [1.54, 1.807) is 7.11 Å². The van der Waals surface area contributed by atoms with Crippen molar-refractivity contribution in [3.63, 3.8) is 0 Å². The molecular weight excluding hydrogens is 464 g/mol. The molecule has 0 aliphatic heterocycles. The van der Waals surface area contributed by atoms with E-state index in [0.717, 1.165) is 39.9 Å². The summed E-state index contributed by atoms with van der Waals surface area (Å²) in [5.74, 6) is 0.802. The Balaban J connectivity index is 1.69. The Morgan fingerprint density at radius 3 is 1.34 bits per heavy atom. The second-order valence-electron chi connectivity index (χ2n) is 9.89. The van der Waals surface area contributed by atoms with Crippen LogP contribution in [0, 0.1) is 27.7 Å². The lowest BCUT2D eigenvalue weighted by Crippen LogP contribution is -2.14. The largest absolute Gasteiger partial charge is 0.494 e. The average molecular weight is 499 g/mol. The van der Waals surface area contributed by atoms with Gasteiger partial charge in [0.1, 0.15) is 5.75 Å². The number of nitrogens with zero attached hydrogens (tertiary/aromatic N) is 2. The highest BCUT2D eigenvalue weighted by molar-refractivity contribution is 5.85. The van der Waals surface area contributed by atoms with E-state index in [0.29, 0.717) is 0 Å². The number of hydrogen-bond donors (Lipinski definition) is 0. The standard InChI is InChI=1S/C35H34N2O/c1-25-18-26(2)21-32(20-25)36(29-12-8-6-9-13-29)31-16-17-34(35(24-31)38-5)37(30-14-10-7-11-15-30)33-22-27(3)19-28(4)23-33/h6-24H,1-5H3. The highest BCUT2D eigenvalue weighted by Crippen LogP contribution is 2.44. The predicted molar refractivity (Wildman–Crippen MR) is 161 cm³/mol. The fourth-order valence-electron chi connectivity index (χ4n) is 5.18. The topological polar surface area (TPSA) is 15.7 Å². The second-order valence-corrected chi connectivity index (χ2v) is 9.89. The van der Waals surface area contributed by atoms with E-state index in [-0.39, 0.29) is 0 Å². The van der Waals surface area contributed by atoms with Crippen molar-refractivity contribution in [3.05, 3.63) is 138 Å². The van der Waals surface area contributed by atoms with Crippen LogP contribution >= 0.6 is 0 Å². The quantitative estimate of drug-likeness (QED) is 0.222. The van der Waals surface area contributed by atoms with Crippen LogP contribution in [0.4, 0.5) is 34.1 Å². The number of anilines is 6. The van der Waals surface area contributed by atoms with Crippen LogP contribution < -0.4 is 14.5 Å². The highest BCUT2D eigenvalue weighted by Gasteiger charge is 2.20. The summed E-state index contributed by atoms with van der Waals surface area (Å²) in [7, 11) is 1.75. The molecule has 3 nitrogen and oxygen atoms in total. The summed E-state index contributed by atoms with van der Waals surface area (Å²) in [6.07, 6.45) is 0. The van der Waals surface area contributed by atoms with Crippen LogP contribution in [0.5, 0.6) is 5.75 Å². The summed E-state index contributed by atoms with van der Waals surface area (Å²) in [4.78, 5) is 4.56. The van der Waals surface area contributed by atoms with Crippen LogP contribution in [-0.4, -0.2) is 7.11 Å². The third-order valence-electron chi connectivity index (χ3n) is 6.62. The van der Waals surface area contributed by atoms with Gasteiger partial charge in [0.2, 0.25) is 0 Å². The molecule has 3 heteroatoms. The van der Waals surface area contributed by atoms with Crippen molar-refractivity contribution in [1.29, 1.82) is 0 Å². The van der Waals surface area contributed by atoms with Gasteiger partial charge >= 0.3 is 0 Å². The summed E-state index contributed by atoms with van der Waals surface area (Å²) in [5, 5.41) is 0. The lowest BCUT2D eigenvalue weighted by molar-refractivity contribution is 0.416. The maximum Gasteiger partial charge on any atom is 0.144 e. The molecule has 5 rings (SSSR count). The molecule has 38 heavy (non-hydrogen) atoms. The molecule has 0 aromatic heterocycles. The number of para-hydroxylation sites is 2. The molecule has 0 heterocycles. The van der Waals surface area contributed by atoms with Crippen LogP contribution in [0.2, 0.25) is 0 Å². The molecule has 0 saturated heterocycles. The Kier molecular flexibility index (Phi) is 7.19. The van der Waals surface area contributed by atoms with Crippen molar-refractivity contribution < 1.29 is 4.74 Å². The van der Waals surface area contributed by atoms with Crippen LogP contribution in [0.1, 0.15) is 22.3 Å². The molecule has 0 amide bonds. The minimum atomic E-state index is 0.802. The van der Waals surface area contributed by atoms with Gasteiger partial charge in [0, 0.05) is 34.5 Å². The van der Waals surface area contributed by atoms with Gasteiger partial charge in [-0.25, -0.2) is 0 Å². The number of hydrogen-bond acceptors (Lipinski definition) is 3. The lowest BCUT2D eigenvalue weighted by Gasteiger charge is -2.30. The maximum atomic E-state index is 6.07. The highest BCUT2D eigenvalue weighted by atomic mass is 16.5. The molecule has 0 spiro atoms. The fraction of sp³-hybridized carbons (Fsp3) is 0.143.